The zero-order valence-electron chi connectivity index (χ0n) is 15.5. The van der Waals surface area contributed by atoms with E-state index in [-0.39, 0.29) is 16.9 Å². The second-order valence-electron chi connectivity index (χ2n) is 6.27. The molecule has 4 nitrogen and oxygen atoms in total. The van der Waals surface area contributed by atoms with Crippen molar-refractivity contribution in [3.8, 4) is 0 Å². The standard InChI is InChI=1S/C18H38N2O2/c1-6-11-18(9-4,10-5)22-15-12-17(7-2,8-3)16(21)20-14-13-19/h6-15,19H2,1-5H3,(H,20,21). The van der Waals surface area contributed by atoms with Gasteiger partial charge in [0.15, 0.2) is 0 Å². The van der Waals surface area contributed by atoms with Gasteiger partial charge in [-0.15, -0.1) is 0 Å². The van der Waals surface area contributed by atoms with Crippen molar-refractivity contribution in [2.24, 2.45) is 11.1 Å². The first-order valence-corrected chi connectivity index (χ1v) is 9.12. The van der Waals surface area contributed by atoms with Gasteiger partial charge in [-0.2, -0.15) is 0 Å². The van der Waals surface area contributed by atoms with Gasteiger partial charge in [0.25, 0.3) is 0 Å². The monoisotopic (exact) mass is 314 g/mol. The first-order valence-electron chi connectivity index (χ1n) is 9.12. The van der Waals surface area contributed by atoms with Crippen LogP contribution in [0, 0.1) is 5.41 Å². The molecule has 0 spiro atoms. The van der Waals surface area contributed by atoms with Gasteiger partial charge in [-0.1, -0.05) is 41.0 Å². The summed E-state index contributed by atoms with van der Waals surface area (Å²) in [7, 11) is 0. The Morgan fingerprint density at radius 1 is 1.00 bits per heavy atom. The molecule has 0 radical (unpaired) electrons. The molecule has 0 heterocycles. The number of rotatable bonds is 13. The smallest absolute Gasteiger partial charge is 0.226 e. The van der Waals surface area contributed by atoms with Crippen LogP contribution in [-0.2, 0) is 9.53 Å². The van der Waals surface area contributed by atoms with Crippen LogP contribution >= 0.6 is 0 Å². The van der Waals surface area contributed by atoms with Crippen LogP contribution in [0.2, 0.25) is 0 Å². The molecule has 0 rings (SSSR count). The molecule has 1 amide bonds. The number of amides is 1. The van der Waals surface area contributed by atoms with E-state index in [2.05, 4.69) is 39.9 Å². The fourth-order valence-corrected chi connectivity index (χ4v) is 3.21. The predicted octanol–water partition coefficient (Wildman–Crippen LogP) is 3.63. The molecule has 4 heteroatoms. The predicted molar refractivity (Wildman–Crippen MR) is 93.9 cm³/mol. The molecule has 3 N–H and O–H groups in total. The minimum absolute atomic E-state index is 0.0181. The molecule has 132 valence electrons. The Morgan fingerprint density at radius 3 is 2.00 bits per heavy atom. The highest BCUT2D eigenvalue weighted by atomic mass is 16.5. The van der Waals surface area contributed by atoms with E-state index < -0.39 is 0 Å². The molecular formula is C18H38N2O2. The van der Waals surface area contributed by atoms with Crippen molar-refractivity contribution in [1.82, 2.24) is 5.32 Å². The summed E-state index contributed by atoms with van der Waals surface area (Å²) < 4.78 is 6.28. The van der Waals surface area contributed by atoms with Crippen LogP contribution in [0.15, 0.2) is 0 Å². The van der Waals surface area contributed by atoms with Gasteiger partial charge in [-0.05, 0) is 38.5 Å². The third kappa shape index (κ3) is 5.88. The van der Waals surface area contributed by atoms with Gasteiger partial charge >= 0.3 is 0 Å². The summed E-state index contributed by atoms with van der Waals surface area (Å²) in [5.74, 6) is 0.126. The van der Waals surface area contributed by atoms with E-state index in [0.29, 0.717) is 19.7 Å². The number of nitrogens with one attached hydrogen (secondary N) is 1. The molecule has 0 atom stereocenters. The van der Waals surface area contributed by atoms with Gasteiger partial charge in [-0.3, -0.25) is 4.79 Å². The first-order chi connectivity index (χ1) is 10.5. The summed E-state index contributed by atoms with van der Waals surface area (Å²) in [6, 6.07) is 0. The van der Waals surface area contributed by atoms with E-state index in [1.54, 1.807) is 0 Å². The van der Waals surface area contributed by atoms with Gasteiger partial charge in [0.05, 0.1) is 11.0 Å². The molecule has 0 aromatic carbocycles. The highest BCUT2D eigenvalue weighted by Crippen LogP contribution is 2.33. The fraction of sp³-hybridized carbons (Fsp3) is 0.944. The summed E-state index contributed by atoms with van der Waals surface area (Å²) in [5, 5.41) is 2.96. The maximum absolute atomic E-state index is 12.5. The second kappa shape index (κ2) is 11.0. The molecule has 0 saturated carbocycles. The number of hydrogen-bond acceptors (Lipinski definition) is 3. The number of carbonyl (C=O) groups is 1. The molecule has 0 aliphatic carbocycles. The van der Waals surface area contributed by atoms with E-state index in [1.807, 2.05) is 0 Å². The van der Waals surface area contributed by atoms with Gasteiger partial charge < -0.3 is 15.8 Å². The average Bonchev–Trinajstić information content (AvgIpc) is 2.56. The molecule has 0 bridgehead atoms. The Labute approximate surface area is 137 Å². The molecule has 0 aliphatic heterocycles. The van der Waals surface area contributed by atoms with E-state index in [1.165, 1.54) is 0 Å². The van der Waals surface area contributed by atoms with E-state index in [9.17, 15) is 4.79 Å². The third-order valence-electron chi connectivity index (χ3n) is 5.25. The lowest BCUT2D eigenvalue weighted by Gasteiger charge is -2.35. The molecule has 0 saturated heterocycles. The number of nitrogens with two attached hydrogens (primary N) is 1. The van der Waals surface area contributed by atoms with Crippen LogP contribution in [0.4, 0.5) is 0 Å². The Balaban J connectivity index is 4.73. The Kier molecular flexibility index (Phi) is 10.7. The Bertz CT molecular complexity index is 297. The SMILES string of the molecule is CCCC(CC)(CC)OCCC(CC)(CC)C(=O)NCCN. The summed E-state index contributed by atoms with van der Waals surface area (Å²) in [4.78, 5) is 12.5. The van der Waals surface area contributed by atoms with E-state index >= 15 is 0 Å². The van der Waals surface area contributed by atoms with Gasteiger partial charge in [0.2, 0.25) is 5.91 Å². The van der Waals surface area contributed by atoms with Crippen molar-refractivity contribution in [2.45, 2.75) is 85.2 Å². The van der Waals surface area contributed by atoms with Crippen LogP contribution in [0.1, 0.15) is 79.6 Å². The van der Waals surface area contributed by atoms with Crippen molar-refractivity contribution in [2.75, 3.05) is 19.7 Å². The van der Waals surface area contributed by atoms with Crippen molar-refractivity contribution in [3.05, 3.63) is 0 Å². The first kappa shape index (κ1) is 21.4. The molecule has 0 aromatic rings. The summed E-state index contributed by atoms with van der Waals surface area (Å²) in [6.07, 6.45) is 6.73. The molecule has 0 unspecified atom stereocenters. The van der Waals surface area contributed by atoms with Crippen LogP contribution < -0.4 is 11.1 Å². The topological polar surface area (TPSA) is 64.3 Å². The lowest BCUT2D eigenvalue weighted by molar-refractivity contribution is -0.134. The van der Waals surface area contributed by atoms with Crippen molar-refractivity contribution >= 4 is 5.91 Å². The van der Waals surface area contributed by atoms with Crippen molar-refractivity contribution < 1.29 is 9.53 Å². The Morgan fingerprint density at radius 2 is 1.59 bits per heavy atom. The lowest BCUT2D eigenvalue weighted by atomic mass is 9.78. The largest absolute Gasteiger partial charge is 0.375 e. The van der Waals surface area contributed by atoms with Crippen molar-refractivity contribution in [3.63, 3.8) is 0 Å². The zero-order chi connectivity index (χ0) is 17.1. The molecule has 0 aromatic heterocycles. The van der Waals surface area contributed by atoms with E-state index in [0.717, 1.165) is 44.9 Å². The maximum Gasteiger partial charge on any atom is 0.226 e. The normalized spacial score (nSPS) is 12.5. The lowest BCUT2D eigenvalue weighted by Crippen LogP contribution is -2.43. The second-order valence-corrected chi connectivity index (χ2v) is 6.27. The average molecular weight is 315 g/mol. The highest BCUT2D eigenvalue weighted by molar-refractivity contribution is 5.82. The zero-order valence-corrected chi connectivity index (χ0v) is 15.5. The third-order valence-corrected chi connectivity index (χ3v) is 5.25. The van der Waals surface area contributed by atoms with E-state index in [4.69, 9.17) is 10.5 Å². The minimum atomic E-state index is -0.325. The minimum Gasteiger partial charge on any atom is -0.375 e. The number of carbonyl (C=O) groups excluding carboxylic acids is 1. The number of hydrogen-bond donors (Lipinski definition) is 2. The highest BCUT2D eigenvalue weighted by Gasteiger charge is 2.35. The Hall–Kier alpha value is -0.610. The summed E-state index contributed by atoms with van der Waals surface area (Å²) >= 11 is 0. The van der Waals surface area contributed by atoms with Crippen LogP contribution in [0.25, 0.3) is 0 Å². The quantitative estimate of drug-likeness (QED) is 0.545. The van der Waals surface area contributed by atoms with Crippen LogP contribution in [0.5, 0.6) is 0 Å². The summed E-state index contributed by atoms with van der Waals surface area (Å²) in [6.45, 7) is 12.4. The van der Waals surface area contributed by atoms with Gasteiger partial charge in [-0.25, -0.2) is 0 Å². The van der Waals surface area contributed by atoms with Crippen LogP contribution in [0.3, 0.4) is 0 Å². The maximum atomic E-state index is 12.5. The molecule has 0 fully saturated rings. The molecular weight excluding hydrogens is 276 g/mol. The molecule has 22 heavy (non-hydrogen) atoms. The van der Waals surface area contributed by atoms with Gasteiger partial charge in [0.1, 0.15) is 0 Å². The summed E-state index contributed by atoms with van der Waals surface area (Å²) in [5.41, 5.74) is 5.15. The molecule has 0 aliphatic rings. The fourth-order valence-electron chi connectivity index (χ4n) is 3.21. The number of ether oxygens (including phenoxy) is 1. The van der Waals surface area contributed by atoms with Crippen molar-refractivity contribution in [1.29, 1.82) is 0 Å². The van der Waals surface area contributed by atoms with Gasteiger partial charge in [0, 0.05) is 19.7 Å². The van der Waals surface area contributed by atoms with Crippen LogP contribution in [-0.4, -0.2) is 31.2 Å².